The second-order valence-corrected chi connectivity index (χ2v) is 4.19. The van der Waals surface area contributed by atoms with Gasteiger partial charge in [-0.3, -0.25) is 4.99 Å². The van der Waals surface area contributed by atoms with Crippen LogP contribution in [0.3, 0.4) is 0 Å². The molecule has 0 aliphatic rings. The van der Waals surface area contributed by atoms with E-state index in [0.717, 1.165) is 26.0 Å². The van der Waals surface area contributed by atoms with Gasteiger partial charge in [0.1, 0.15) is 0 Å². The molecule has 0 amide bonds. The van der Waals surface area contributed by atoms with Crippen LogP contribution in [-0.4, -0.2) is 31.3 Å². The first-order valence-corrected chi connectivity index (χ1v) is 5.70. The van der Waals surface area contributed by atoms with E-state index in [0.29, 0.717) is 18.1 Å². The molecule has 4 nitrogen and oxygen atoms in total. The van der Waals surface area contributed by atoms with E-state index in [1.165, 1.54) is 0 Å². The number of rotatable bonds is 7. The summed E-state index contributed by atoms with van der Waals surface area (Å²) in [5.41, 5.74) is 5.65. The van der Waals surface area contributed by atoms with E-state index in [1.54, 1.807) is 0 Å². The summed E-state index contributed by atoms with van der Waals surface area (Å²) >= 11 is 0. The van der Waals surface area contributed by atoms with Gasteiger partial charge < -0.3 is 15.8 Å². The van der Waals surface area contributed by atoms with E-state index >= 15 is 0 Å². The molecule has 15 heavy (non-hydrogen) atoms. The molecule has 0 unspecified atom stereocenters. The van der Waals surface area contributed by atoms with Crippen LogP contribution in [0, 0.1) is 0 Å². The van der Waals surface area contributed by atoms with Crippen molar-refractivity contribution in [2.45, 2.75) is 52.7 Å². The Morgan fingerprint density at radius 3 is 2.47 bits per heavy atom. The second-order valence-electron chi connectivity index (χ2n) is 4.19. The number of nitrogens with two attached hydrogens (primary N) is 1. The van der Waals surface area contributed by atoms with Crippen LogP contribution in [0.5, 0.6) is 0 Å². The summed E-state index contributed by atoms with van der Waals surface area (Å²) in [7, 11) is 0. The van der Waals surface area contributed by atoms with Gasteiger partial charge in [0.15, 0.2) is 5.96 Å². The third kappa shape index (κ3) is 11.2. The standard InChI is InChI=1S/C11H25N3O/c1-9(2)14-11(12)13-7-5-6-8-15-10(3)4/h9-10H,5-8H2,1-4H3,(H3,12,13,14). The van der Waals surface area contributed by atoms with Crippen LogP contribution in [-0.2, 0) is 4.74 Å². The van der Waals surface area contributed by atoms with Gasteiger partial charge in [0.2, 0.25) is 0 Å². The van der Waals surface area contributed by atoms with Crippen LogP contribution in [0.2, 0.25) is 0 Å². The molecule has 0 saturated heterocycles. The topological polar surface area (TPSA) is 59.6 Å². The summed E-state index contributed by atoms with van der Waals surface area (Å²) in [6.45, 7) is 9.75. The molecule has 90 valence electrons. The minimum atomic E-state index is 0.321. The molecular formula is C11H25N3O. The Hall–Kier alpha value is -0.770. The fourth-order valence-electron chi connectivity index (χ4n) is 1.07. The number of nitrogens with one attached hydrogen (secondary N) is 1. The smallest absolute Gasteiger partial charge is 0.188 e. The van der Waals surface area contributed by atoms with Crippen LogP contribution >= 0.6 is 0 Å². The van der Waals surface area contributed by atoms with Crippen molar-refractivity contribution < 1.29 is 4.74 Å². The van der Waals surface area contributed by atoms with E-state index in [1.807, 2.05) is 27.7 Å². The zero-order valence-electron chi connectivity index (χ0n) is 10.4. The highest BCUT2D eigenvalue weighted by Crippen LogP contribution is 1.94. The fourth-order valence-corrected chi connectivity index (χ4v) is 1.07. The summed E-state index contributed by atoms with van der Waals surface area (Å²) in [5.74, 6) is 0.537. The van der Waals surface area contributed by atoms with Crippen molar-refractivity contribution in [3.63, 3.8) is 0 Å². The van der Waals surface area contributed by atoms with E-state index in [9.17, 15) is 0 Å². The van der Waals surface area contributed by atoms with Crippen molar-refractivity contribution in [2.75, 3.05) is 13.2 Å². The largest absolute Gasteiger partial charge is 0.379 e. The number of aliphatic imine (C=N–C) groups is 1. The molecule has 0 rings (SSSR count). The van der Waals surface area contributed by atoms with E-state index in [2.05, 4.69) is 10.3 Å². The molecule has 0 saturated carbocycles. The molecule has 0 atom stereocenters. The molecular weight excluding hydrogens is 190 g/mol. The minimum absolute atomic E-state index is 0.321. The Labute approximate surface area is 93.3 Å². The molecule has 4 heteroatoms. The van der Waals surface area contributed by atoms with Gasteiger partial charge in [0, 0.05) is 19.2 Å². The summed E-state index contributed by atoms with van der Waals surface area (Å²) in [6.07, 6.45) is 2.38. The average Bonchev–Trinajstić information content (AvgIpc) is 2.09. The molecule has 0 spiro atoms. The third-order valence-electron chi connectivity index (χ3n) is 1.72. The van der Waals surface area contributed by atoms with Gasteiger partial charge in [0.25, 0.3) is 0 Å². The summed E-state index contributed by atoms with van der Waals surface area (Å²) in [6, 6.07) is 0.345. The van der Waals surface area contributed by atoms with Crippen molar-refractivity contribution in [1.82, 2.24) is 5.32 Å². The van der Waals surface area contributed by atoms with Gasteiger partial charge in [-0.15, -0.1) is 0 Å². The molecule has 0 bridgehead atoms. The number of hydrogen-bond donors (Lipinski definition) is 2. The Morgan fingerprint density at radius 1 is 1.27 bits per heavy atom. The Bertz CT molecular complexity index is 179. The predicted octanol–water partition coefficient (Wildman–Crippen LogP) is 1.50. The van der Waals surface area contributed by atoms with Crippen LogP contribution < -0.4 is 11.1 Å². The van der Waals surface area contributed by atoms with Crippen LogP contribution in [0.25, 0.3) is 0 Å². The maximum atomic E-state index is 5.65. The number of ether oxygens (including phenoxy) is 1. The molecule has 0 aromatic rings. The normalized spacial score (nSPS) is 12.5. The van der Waals surface area contributed by atoms with E-state index < -0.39 is 0 Å². The van der Waals surface area contributed by atoms with Crippen molar-refractivity contribution in [3.8, 4) is 0 Å². The van der Waals surface area contributed by atoms with Crippen LogP contribution in [0.4, 0.5) is 0 Å². The monoisotopic (exact) mass is 215 g/mol. The third-order valence-corrected chi connectivity index (χ3v) is 1.72. The lowest BCUT2D eigenvalue weighted by molar-refractivity contribution is 0.0764. The van der Waals surface area contributed by atoms with Gasteiger partial charge in [0.05, 0.1) is 6.10 Å². The molecule has 0 aliphatic carbocycles. The molecule has 0 heterocycles. The van der Waals surface area contributed by atoms with Crippen molar-refractivity contribution in [2.24, 2.45) is 10.7 Å². The highest BCUT2D eigenvalue weighted by Gasteiger charge is 1.95. The van der Waals surface area contributed by atoms with Gasteiger partial charge in [-0.05, 0) is 40.5 Å². The Kier molecular flexibility index (Phi) is 8.09. The lowest BCUT2D eigenvalue weighted by Crippen LogP contribution is -2.36. The molecule has 0 aromatic heterocycles. The highest BCUT2D eigenvalue weighted by molar-refractivity contribution is 5.77. The Balaban J connectivity index is 3.36. The number of nitrogens with zero attached hydrogens (tertiary/aromatic N) is 1. The summed E-state index contributed by atoms with van der Waals surface area (Å²) in [4.78, 5) is 4.21. The van der Waals surface area contributed by atoms with Gasteiger partial charge in [-0.25, -0.2) is 0 Å². The van der Waals surface area contributed by atoms with Crippen LogP contribution in [0.1, 0.15) is 40.5 Å². The van der Waals surface area contributed by atoms with Gasteiger partial charge in [-0.1, -0.05) is 0 Å². The van der Waals surface area contributed by atoms with Crippen molar-refractivity contribution in [3.05, 3.63) is 0 Å². The van der Waals surface area contributed by atoms with Crippen LogP contribution in [0.15, 0.2) is 4.99 Å². The molecule has 0 aliphatic heterocycles. The SMILES string of the molecule is CC(C)NC(N)=NCCCCOC(C)C. The lowest BCUT2D eigenvalue weighted by Gasteiger charge is -2.08. The van der Waals surface area contributed by atoms with Crippen molar-refractivity contribution in [1.29, 1.82) is 0 Å². The Morgan fingerprint density at radius 2 is 1.93 bits per heavy atom. The van der Waals surface area contributed by atoms with Gasteiger partial charge in [-0.2, -0.15) is 0 Å². The maximum Gasteiger partial charge on any atom is 0.188 e. The summed E-state index contributed by atoms with van der Waals surface area (Å²) < 4.78 is 5.42. The van der Waals surface area contributed by atoms with E-state index in [4.69, 9.17) is 10.5 Å². The highest BCUT2D eigenvalue weighted by atomic mass is 16.5. The molecule has 0 radical (unpaired) electrons. The number of unbranched alkanes of at least 4 members (excludes halogenated alkanes) is 1. The minimum Gasteiger partial charge on any atom is -0.379 e. The van der Waals surface area contributed by atoms with Gasteiger partial charge >= 0.3 is 0 Å². The van der Waals surface area contributed by atoms with E-state index in [-0.39, 0.29) is 0 Å². The van der Waals surface area contributed by atoms with Crippen molar-refractivity contribution >= 4 is 5.96 Å². The zero-order valence-corrected chi connectivity index (χ0v) is 10.4. The lowest BCUT2D eigenvalue weighted by atomic mass is 10.3. The first-order chi connectivity index (χ1) is 7.02. The number of guanidine groups is 1. The molecule has 3 N–H and O–H groups in total. The maximum absolute atomic E-state index is 5.65. The zero-order chi connectivity index (χ0) is 11.7. The number of hydrogen-bond acceptors (Lipinski definition) is 2. The summed E-state index contributed by atoms with van der Waals surface area (Å²) in [5, 5.41) is 3.05. The quantitative estimate of drug-likeness (QED) is 0.384. The first-order valence-electron chi connectivity index (χ1n) is 5.70. The fraction of sp³-hybridized carbons (Fsp3) is 0.909. The molecule has 0 aromatic carbocycles. The second kappa shape index (κ2) is 8.53. The average molecular weight is 215 g/mol. The first kappa shape index (κ1) is 14.2. The predicted molar refractivity (Wildman–Crippen MR) is 65.1 cm³/mol. The molecule has 0 fully saturated rings.